The number of pyridine rings is 1. The number of benzene rings is 1. The van der Waals surface area contributed by atoms with E-state index in [1.807, 2.05) is 12.3 Å². The molecule has 20 heavy (non-hydrogen) atoms. The summed E-state index contributed by atoms with van der Waals surface area (Å²) in [5.74, 6) is 0. The molecule has 3 heteroatoms. The molecule has 1 N–H and O–H groups in total. The van der Waals surface area contributed by atoms with Gasteiger partial charge in [0.15, 0.2) is 0 Å². The largest absolute Gasteiger partial charge is 0.313 e. The normalized spacial score (nSPS) is 24.7. The van der Waals surface area contributed by atoms with Gasteiger partial charge in [-0.25, -0.2) is 0 Å². The molecule has 0 radical (unpaired) electrons. The maximum absolute atomic E-state index is 4.39. The standard InChI is InChI=1S/C17H23N3/c1-13-11-20(14(2)7-9-18-13)12-15-5-6-17-16(10-15)4-3-8-19-17/h3-6,8,10,13-14,18H,7,9,11-12H2,1-2H3. The quantitative estimate of drug-likeness (QED) is 0.908. The molecule has 0 bridgehead atoms. The fourth-order valence-corrected chi connectivity index (χ4v) is 3.00. The van der Waals surface area contributed by atoms with Gasteiger partial charge in [0.05, 0.1) is 5.52 Å². The summed E-state index contributed by atoms with van der Waals surface area (Å²) in [5, 5.41) is 4.80. The number of hydrogen-bond acceptors (Lipinski definition) is 3. The highest BCUT2D eigenvalue weighted by molar-refractivity contribution is 5.78. The van der Waals surface area contributed by atoms with Gasteiger partial charge in [0.25, 0.3) is 0 Å². The molecule has 0 spiro atoms. The number of fused-ring (bicyclic) bond motifs is 1. The second-order valence-electron chi connectivity index (χ2n) is 5.95. The molecule has 0 amide bonds. The molecule has 0 aliphatic carbocycles. The summed E-state index contributed by atoms with van der Waals surface area (Å²) in [7, 11) is 0. The molecule has 3 rings (SSSR count). The first-order chi connectivity index (χ1) is 9.72. The molecule has 1 fully saturated rings. The van der Waals surface area contributed by atoms with E-state index in [4.69, 9.17) is 0 Å². The van der Waals surface area contributed by atoms with Crippen LogP contribution in [0, 0.1) is 0 Å². The van der Waals surface area contributed by atoms with E-state index in [9.17, 15) is 0 Å². The van der Waals surface area contributed by atoms with Crippen molar-refractivity contribution in [1.82, 2.24) is 15.2 Å². The molecule has 106 valence electrons. The van der Waals surface area contributed by atoms with Crippen LogP contribution in [-0.4, -0.2) is 35.1 Å². The lowest BCUT2D eigenvalue weighted by Gasteiger charge is -2.28. The SMILES string of the molecule is CC1CN(Cc2ccc3ncccc3c2)C(C)CCN1. The third-order valence-electron chi connectivity index (χ3n) is 4.24. The molecule has 1 aromatic carbocycles. The third-order valence-corrected chi connectivity index (χ3v) is 4.24. The monoisotopic (exact) mass is 269 g/mol. The Morgan fingerprint density at radius 3 is 3.10 bits per heavy atom. The molecular formula is C17H23N3. The summed E-state index contributed by atoms with van der Waals surface area (Å²) in [6.45, 7) is 7.88. The Bertz CT molecular complexity index is 581. The van der Waals surface area contributed by atoms with Crippen molar-refractivity contribution in [3.8, 4) is 0 Å². The van der Waals surface area contributed by atoms with Gasteiger partial charge in [0.1, 0.15) is 0 Å². The minimum absolute atomic E-state index is 0.571. The van der Waals surface area contributed by atoms with Crippen LogP contribution in [-0.2, 0) is 6.54 Å². The van der Waals surface area contributed by atoms with Crippen molar-refractivity contribution in [1.29, 1.82) is 0 Å². The van der Waals surface area contributed by atoms with E-state index in [1.54, 1.807) is 0 Å². The van der Waals surface area contributed by atoms with Gasteiger partial charge >= 0.3 is 0 Å². The van der Waals surface area contributed by atoms with E-state index < -0.39 is 0 Å². The highest BCUT2D eigenvalue weighted by Gasteiger charge is 2.20. The first-order valence-corrected chi connectivity index (χ1v) is 7.53. The molecule has 2 atom stereocenters. The van der Waals surface area contributed by atoms with Crippen molar-refractivity contribution in [3.05, 3.63) is 42.1 Å². The van der Waals surface area contributed by atoms with Gasteiger partial charge in [0.2, 0.25) is 0 Å². The van der Waals surface area contributed by atoms with Gasteiger partial charge in [-0.05, 0) is 50.6 Å². The topological polar surface area (TPSA) is 28.2 Å². The summed E-state index contributed by atoms with van der Waals surface area (Å²) in [4.78, 5) is 6.97. The van der Waals surface area contributed by atoms with Gasteiger partial charge in [-0.3, -0.25) is 9.88 Å². The minimum Gasteiger partial charge on any atom is -0.313 e. The number of aromatic nitrogens is 1. The van der Waals surface area contributed by atoms with E-state index in [0.29, 0.717) is 12.1 Å². The van der Waals surface area contributed by atoms with E-state index in [2.05, 4.69) is 53.3 Å². The fraction of sp³-hybridized carbons (Fsp3) is 0.471. The zero-order chi connectivity index (χ0) is 13.9. The second-order valence-corrected chi connectivity index (χ2v) is 5.95. The molecule has 3 nitrogen and oxygen atoms in total. The highest BCUT2D eigenvalue weighted by Crippen LogP contribution is 2.18. The summed E-state index contributed by atoms with van der Waals surface area (Å²) >= 11 is 0. The number of rotatable bonds is 2. The Morgan fingerprint density at radius 2 is 2.20 bits per heavy atom. The lowest BCUT2D eigenvalue weighted by atomic mass is 10.1. The molecule has 1 aliphatic rings. The molecule has 2 heterocycles. The molecule has 1 aromatic heterocycles. The summed E-state index contributed by atoms with van der Waals surface area (Å²) in [6, 6.07) is 12.0. The lowest BCUT2D eigenvalue weighted by molar-refractivity contribution is 0.199. The van der Waals surface area contributed by atoms with Gasteiger partial charge in [-0.1, -0.05) is 12.1 Å². The first kappa shape index (κ1) is 13.5. The molecular weight excluding hydrogens is 246 g/mol. The van der Waals surface area contributed by atoms with Crippen LogP contribution >= 0.6 is 0 Å². The second kappa shape index (κ2) is 5.90. The first-order valence-electron chi connectivity index (χ1n) is 7.53. The van der Waals surface area contributed by atoms with E-state index >= 15 is 0 Å². The Hall–Kier alpha value is -1.45. The summed E-state index contributed by atoms with van der Waals surface area (Å²) in [5.41, 5.74) is 2.46. The molecule has 2 unspecified atom stereocenters. The van der Waals surface area contributed by atoms with Crippen molar-refractivity contribution in [2.75, 3.05) is 13.1 Å². The summed E-state index contributed by atoms with van der Waals surface area (Å²) in [6.07, 6.45) is 3.08. The van der Waals surface area contributed by atoms with E-state index in [0.717, 1.165) is 25.2 Å². The Balaban J connectivity index is 1.80. The smallest absolute Gasteiger partial charge is 0.0702 e. The Labute approximate surface area is 121 Å². The van der Waals surface area contributed by atoms with Crippen LogP contribution in [0.5, 0.6) is 0 Å². The number of hydrogen-bond donors (Lipinski definition) is 1. The van der Waals surface area contributed by atoms with Crippen LogP contribution in [0.3, 0.4) is 0 Å². The molecule has 1 saturated heterocycles. The molecule has 1 aliphatic heterocycles. The van der Waals surface area contributed by atoms with Crippen LogP contribution < -0.4 is 5.32 Å². The zero-order valence-electron chi connectivity index (χ0n) is 12.3. The Kier molecular flexibility index (Phi) is 3.99. The fourth-order valence-electron chi connectivity index (χ4n) is 3.00. The highest BCUT2D eigenvalue weighted by atomic mass is 15.2. The van der Waals surface area contributed by atoms with Crippen LogP contribution in [0.1, 0.15) is 25.8 Å². The predicted octanol–water partition coefficient (Wildman–Crippen LogP) is 2.81. The van der Waals surface area contributed by atoms with Gasteiger partial charge < -0.3 is 5.32 Å². The van der Waals surface area contributed by atoms with Gasteiger partial charge in [-0.15, -0.1) is 0 Å². The predicted molar refractivity (Wildman–Crippen MR) is 83.7 cm³/mol. The van der Waals surface area contributed by atoms with Crippen LogP contribution in [0.4, 0.5) is 0 Å². The lowest BCUT2D eigenvalue weighted by Crippen LogP contribution is -2.37. The maximum atomic E-state index is 4.39. The van der Waals surface area contributed by atoms with Crippen LogP contribution in [0.15, 0.2) is 36.5 Å². The van der Waals surface area contributed by atoms with Crippen molar-refractivity contribution in [2.24, 2.45) is 0 Å². The average Bonchev–Trinajstić information content (AvgIpc) is 2.61. The minimum atomic E-state index is 0.571. The van der Waals surface area contributed by atoms with E-state index in [1.165, 1.54) is 17.4 Å². The van der Waals surface area contributed by atoms with Crippen LogP contribution in [0.2, 0.25) is 0 Å². The number of nitrogens with zero attached hydrogens (tertiary/aromatic N) is 2. The number of nitrogens with one attached hydrogen (secondary N) is 1. The summed E-state index contributed by atoms with van der Waals surface area (Å²) < 4.78 is 0. The van der Waals surface area contributed by atoms with Crippen molar-refractivity contribution in [2.45, 2.75) is 38.9 Å². The van der Waals surface area contributed by atoms with E-state index in [-0.39, 0.29) is 0 Å². The van der Waals surface area contributed by atoms with Gasteiger partial charge in [-0.2, -0.15) is 0 Å². The van der Waals surface area contributed by atoms with Crippen LogP contribution in [0.25, 0.3) is 10.9 Å². The van der Waals surface area contributed by atoms with Crippen molar-refractivity contribution >= 4 is 10.9 Å². The van der Waals surface area contributed by atoms with Gasteiger partial charge in [0, 0.05) is 36.8 Å². The zero-order valence-corrected chi connectivity index (χ0v) is 12.3. The average molecular weight is 269 g/mol. The molecule has 2 aromatic rings. The van der Waals surface area contributed by atoms with Crippen molar-refractivity contribution < 1.29 is 0 Å². The molecule has 0 saturated carbocycles. The maximum Gasteiger partial charge on any atom is 0.0702 e. The third kappa shape index (κ3) is 3.00. The van der Waals surface area contributed by atoms with Crippen molar-refractivity contribution in [3.63, 3.8) is 0 Å². The Morgan fingerprint density at radius 1 is 1.30 bits per heavy atom.